The van der Waals surface area contributed by atoms with Gasteiger partial charge in [-0.15, -0.1) is 0 Å². The van der Waals surface area contributed by atoms with Crippen LogP contribution in [0.2, 0.25) is 0 Å². The number of halogens is 1. The van der Waals surface area contributed by atoms with Gasteiger partial charge in [0.15, 0.2) is 0 Å². The molecule has 2 aromatic carbocycles. The SMILES string of the molecule is CCC(C(=O)Nc1ccc(C(C)C)cc1)N(c1ccccc1F)S(C)(=O)=O. The summed E-state index contributed by atoms with van der Waals surface area (Å²) < 4.78 is 39.8. The number of rotatable bonds is 7. The number of hydrogen-bond donors (Lipinski definition) is 1. The summed E-state index contributed by atoms with van der Waals surface area (Å²) in [5, 5.41) is 2.73. The zero-order valence-electron chi connectivity index (χ0n) is 15.9. The van der Waals surface area contributed by atoms with Gasteiger partial charge in [-0.2, -0.15) is 0 Å². The maximum Gasteiger partial charge on any atom is 0.248 e. The van der Waals surface area contributed by atoms with E-state index in [1.807, 2.05) is 12.1 Å². The highest BCUT2D eigenvalue weighted by Gasteiger charge is 2.33. The van der Waals surface area contributed by atoms with Gasteiger partial charge in [-0.3, -0.25) is 9.10 Å². The second kappa shape index (κ2) is 8.52. The summed E-state index contributed by atoms with van der Waals surface area (Å²) in [6, 6.07) is 11.8. The molecule has 0 saturated heterocycles. The minimum atomic E-state index is -3.87. The van der Waals surface area contributed by atoms with E-state index in [0.29, 0.717) is 11.6 Å². The van der Waals surface area contributed by atoms with E-state index in [9.17, 15) is 17.6 Å². The van der Waals surface area contributed by atoms with Gasteiger partial charge in [0.2, 0.25) is 15.9 Å². The van der Waals surface area contributed by atoms with Crippen LogP contribution in [-0.2, 0) is 14.8 Å². The first-order chi connectivity index (χ1) is 12.6. The van der Waals surface area contributed by atoms with Crippen LogP contribution in [0.3, 0.4) is 0 Å². The molecule has 1 amide bonds. The Morgan fingerprint density at radius 2 is 1.70 bits per heavy atom. The van der Waals surface area contributed by atoms with E-state index in [2.05, 4.69) is 19.2 Å². The maximum atomic E-state index is 14.2. The molecule has 1 N–H and O–H groups in total. The Morgan fingerprint density at radius 1 is 1.11 bits per heavy atom. The molecule has 0 saturated carbocycles. The first-order valence-electron chi connectivity index (χ1n) is 8.80. The van der Waals surface area contributed by atoms with Gasteiger partial charge < -0.3 is 5.32 Å². The van der Waals surface area contributed by atoms with Crippen LogP contribution in [0.5, 0.6) is 0 Å². The topological polar surface area (TPSA) is 66.5 Å². The number of anilines is 2. The Kier molecular flexibility index (Phi) is 6.59. The minimum Gasteiger partial charge on any atom is -0.324 e. The van der Waals surface area contributed by atoms with Gasteiger partial charge in [-0.25, -0.2) is 12.8 Å². The first-order valence-corrected chi connectivity index (χ1v) is 10.6. The zero-order chi connectivity index (χ0) is 20.2. The number of hydrogen-bond acceptors (Lipinski definition) is 3. The fourth-order valence-corrected chi connectivity index (χ4v) is 4.06. The molecule has 0 aromatic heterocycles. The summed E-state index contributed by atoms with van der Waals surface area (Å²) in [5.41, 5.74) is 1.55. The summed E-state index contributed by atoms with van der Waals surface area (Å²) in [5.74, 6) is -0.848. The Labute approximate surface area is 160 Å². The van der Waals surface area contributed by atoms with Crippen LogP contribution >= 0.6 is 0 Å². The van der Waals surface area contributed by atoms with E-state index in [1.54, 1.807) is 19.1 Å². The molecule has 0 fully saturated rings. The summed E-state index contributed by atoms with van der Waals surface area (Å²) in [4.78, 5) is 12.8. The van der Waals surface area contributed by atoms with Crippen LogP contribution in [-0.4, -0.2) is 26.6 Å². The normalized spacial score (nSPS) is 12.7. The van der Waals surface area contributed by atoms with E-state index in [-0.39, 0.29) is 12.1 Å². The molecule has 0 aliphatic rings. The summed E-state index contributed by atoms with van der Waals surface area (Å²) in [6.45, 7) is 5.82. The number of amides is 1. The third-order valence-electron chi connectivity index (χ3n) is 4.26. The van der Waals surface area contributed by atoms with Crippen LogP contribution in [0.15, 0.2) is 48.5 Å². The number of sulfonamides is 1. The van der Waals surface area contributed by atoms with Crippen LogP contribution in [0, 0.1) is 5.82 Å². The average Bonchev–Trinajstić information content (AvgIpc) is 2.59. The van der Waals surface area contributed by atoms with Crippen molar-refractivity contribution in [2.24, 2.45) is 0 Å². The van der Waals surface area contributed by atoms with Crippen molar-refractivity contribution in [1.29, 1.82) is 0 Å². The van der Waals surface area contributed by atoms with E-state index in [0.717, 1.165) is 16.1 Å². The van der Waals surface area contributed by atoms with Crippen LogP contribution in [0.1, 0.15) is 38.7 Å². The molecule has 0 aliphatic carbocycles. The minimum absolute atomic E-state index is 0.142. The third-order valence-corrected chi connectivity index (χ3v) is 5.43. The first kappa shape index (κ1) is 20.9. The van der Waals surface area contributed by atoms with Crippen molar-refractivity contribution in [3.8, 4) is 0 Å². The number of para-hydroxylation sites is 1. The fraction of sp³-hybridized carbons (Fsp3) is 0.350. The lowest BCUT2D eigenvalue weighted by Gasteiger charge is -2.30. The second-order valence-corrected chi connectivity index (χ2v) is 8.56. The molecular weight excluding hydrogens is 367 g/mol. The zero-order valence-corrected chi connectivity index (χ0v) is 16.8. The third kappa shape index (κ3) is 5.07. The van der Waals surface area contributed by atoms with Crippen molar-refractivity contribution < 1.29 is 17.6 Å². The van der Waals surface area contributed by atoms with Gasteiger partial charge in [0.1, 0.15) is 11.9 Å². The Bertz CT molecular complexity index is 896. The number of nitrogens with zero attached hydrogens (tertiary/aromatic N) is 1. The van der Waals surface area contributed by atoms with Crippen LogP contribution in [0.25, 0.3) is 0 Å². The lowest BCUT2D eigenvalue weighted by Crippen LogP contribution is -2.47. The van der Waals surface area contributed by atoms with Gasteiger partial charge in [0.25, 0.3) is 0 Å². The number of carbonyl (C=O) groups is 1. The lowest BCUT2D eigenvalue weighted by atomic mass is 10.0. The van der Waals surface area contributed by atoms with Gasteiger partial charge >= 0.3 is 0 Å². The lowest BCUT2D eigenvalue weighted by molar-refractivity contribution is -0.117. The Balaban J connectivity index is 2.33. The number of carbonyl (C=O) groups excluding carboxylic acids is 1. The average molecular weight is 392 g/mol. The molecule has 7 heteroatoms. The highest BCUT2D eigenvalue weighted by Crippen LogP contribution is 2.26. The summed E-state index contributed by atoms with van der Waals surface area (Å²) in [7, 11) is -3.87. The predicted octanol–water partition coefficient (Wildman–Crippen LogP) is 4.13. The number of nitrogens with one attached hydrogen (secondary N) is 1. The summed E-state index contributed by atoms with van der Waals surface area (Å²) in [6.07, 6.45) is 1.16. The molecular formula is C20H25FN2O3S. The molecule has 5 nitrogen and oxygen atoms in total. The monoisotopic (exact) mass is 392 g/mol. The molecule has 2 aromatic rings. The van der Waals surface area contributed by atoms with Gasteiger partial charge in [0.05, 0.1) is 11.9 Å². The predicted molar refractivity (Wildman–Crippen MR) is 107 cm³/mol. The molecule has 0 spiro atoms. The molecule has 0 bridgehead atoms. The van der Waals surface area contributed by atoms with Crippen molar-refractivity contribution >= 4 is 27.3 Å². The number of benzene rings is 2. The van der Waals surface area contributed by atoms with Gasteiger partial charge in [-0.05, 0) is 42.2 Å². The van der Waals surface area contributed by atoms with Crippen molar-refractivity contribution in [2.75, 3.05) is 15.9 Å². The molecule has 1 atom stereocenters. The molecule has 0 heterocycles. The largest absolute Gasteiger partial charge is 0.324 e. The standard InChI is InChI=1S/C20H25FN2O3S/c1-5-18(20(24)22-16-12-10-15(11-13-16)14(2)3)23(27(4,25)26)19-9-7-6-8-17(19)21/h6-14,18H,5H2,1-4H3,(H,22,24). The van der Waals surface area contributed by atoms with Crippen molar-refractivity contribution in [3.05, 3.63) is 59.9 Å². The molecule has 0 aliphatic heterocycles. The highest BCUT2D eigenvalue weighted by molar-refractivity contribution is 7.92. The van der Waals surface area contributed by atoms with Gasteiger partial charge in [0, 0.05) is 5.69 Å². The van der Waals surface area contributed by atoms with Crippen molar-refractivity contribution in [3.63, 3.8) is 0 Å². The Hall–Kier alpha value is -2.41. The van der Waals surface area contributed by atoms with Crippen molar-refractivity contribution in [1.82, 2.24) is 0 Å². The van der Waals surface area contributed by atoms with Crippen LogP contribution < -0.4 is 9.62 Å². The molecule has 27 heavy (non-hydrogen) atoms. The Morgan fingerprint density at radius 3 is 2.19 bits per heavy atom. The molecule has 0 radical (unpaired) electrons. The van der Waals surface area contributed by atoms with Gasteiger partial charge in [-0.1, -0.05) is 45.0 Å². The van der Waals surface area contributed by atoms with E-state index >= 15 is 0 Å². The fourth-order valence-electron chi connectivity index (χ4n) is 2.84. The highest BCUT2D eigenvalue weighted by atomic mass is 32.2. The quantitative estimate of drug-likeness (QED) is 0.770. The second-order valence-electron chi connectivity index (χ2n) is 6.70. The van der Waals surface area contributed by atoms with E-state index in [1.165, 1.54) is 24.3 Å². The molecule has 146 valence electrons. The summed E-state index contributed by atoms with van der Waals surface area (Å²) >= 11 is 0. The van der Waals surface area contributed by atoms with E-state index < -0.39 is 27.8 Å². The van der Waals surface area contributed by atoms with Crippen LogP contribution in [0.4, 0.5) is 15.8 Å². The molecule has 1 unspecified atom stereocenters. The molecule has 2 rings (SSSR count). The maximum absolute atomic E-state index is 14.2. The smallest absolute Gasteiger partial charge is 0.248 e. The van der Waals surface area contributed by atoms with Crippen molar-refractivity contribution in [2.45, 2.75) is 39.2 Å². The van der Waals surface area contributed by atoms with E-state index in [4.69, 9.17) is 0 Å².